The molecule has 2 aromatic carbocycles. The van der Waals surface area contributed by atoms with Crippen molar-refractivity contribution in [1.29, 1.82) is 5.26 Å². The molecule has 0 fully saturated rings. The van der Waals surface area contributed by atoms with Gasteiger partial charge >= 0.3 is 0 Å². The third kappa shape index (κ3) is 5.13. The zero-order chi connectivity index (χ0) is 24.3. The molecule has 1 aliphatic rings. The van der Waals surface area contributed by atoms with Gasteiger partial charge < -0.3 is 9.47 Å². The van der Waals surface area contributed by atoms with Crippen molar-refractivity contribution in [2.45, 2.75) is 36.9 Å². The molecular weight excluding hydrogens is 495 g/mol. The maximum atomic E-state index is 13.6. The fourth-order valence-corrected chi connectivity index (χ4v) is 6.47. The highest BCUT2D eigenvalue weighted by Crippen LogP contribution is 2.29. The number of amides is 1. The van der Waals surface area contributed by atoms with Crippen molar-refractivity contribution in [3.8, 4) is 6.07 Å². The summed E-state index contributed by atoms with van der Waals surface area (Å²) in [4.78, 5) is 15.0. The number of aromatic nitrogens is 1. The van der Waals surface area contributed by atoms with Crippen LogP contribution in [-0.2, 0) is 34.3 Å². The molecule has 10 heteroatoms. The molecule has 1 atom stereocenters. The highest BCUT2D eigenvalue weighted by Gasteiger charge is 2.32. The second-order valence-corrected chi connectivity index (χ2v) is 10.5. The lowest BCUT2D eigenvalue weighted by Crippen LogP contribution is -2.50. The largest absolute Gasteiger partial charge is 0.339 e. The number of hydrogen-bond donors (Lipinski definition) is 1. The summed E-state index contributed by atoms with van der Waals surface area (Å²) in [5.74, 6) is -0.341. The average Bonchev–Trinajstić information content (AvgIpc) is 3.28. The van der Waals surface area contributed by atoms with E-state index in [1.807, 2.05) is 24.3 Å². The predicted octanol–water partition coefficient (Wildman–Crippen LogP) is 3.99. The first-order valence-electron chi connectivity index (χ1n) is 10.7. The van der Waals surface area contributed by atoms with E-state index in [1.54, 1.807) is 33.9 Å². The molecule has 4 rings (SSSR count). The molecule has 3 aromatic rings. The van der Waals surface area contributed by atoms with Gasteiger partial charge in [0.15, 0.2) is 0 Å². The number of hydrogen-bond acceptors (Lipinski definition) is 4. The molecule has 1 aliphatic heterocycles. The fourth-order valence-electron chi connectivity index (χ4n) is 4.10. The Balaban J connectivity index is 1.61. The normalized spacial score (nSPS) is 14.3. The number of nitriles is 1. The molecule has 0 bridgehead atoms. The maximum Gasteiger partial charge on any atom is 0.244 e. The first kappa shape index (κ1) is 24.3. The van der Waals surface area contributed by atoms with Crippen LogP contribution in [0.5, 0.6) is 0 Å². The Morgan fingerprint density at radius 3 is 2.47 bits per heavy atom. The standard InChI is InChI=1S/C24H22Cl2N4O3S/c25-20-8-3-9-21(26)23(20)34(32,33)28-22(11-14-29-12-4-7-19(29)15-27)24(31)30-13-10-17-5-1-2-6-18(17)16-30/h1-9,12,22,28H,10-11,13-14,16H2. The molecule has 34 heavy (non-hydrogen) atoms. The lowest BCUT2D eigenvalue weighted by atomic mass is 9.99. The van der Waals surface area contributed by atoms with Crippen molar-refractivity contribution in [2.24, 2.45) is 0 Å². The minimum Gasteiger partial charge on any atom is -0.339 e. The van der Waals surface area contributed by atoms with Gasteiger partial charge in [-0.05, 0) is 48.2 Å². The third-order valence-electron chi connectivity index (χ3n) is 5.83. The van der Waals surface area contributed by atoms with E-state index < -0.39 is 16.1 Å². The van der Waals surface area contributed by atoms with Crippen LogP contribution in [0.15, 0.2) is 65.7 Å². The molecule has 2 heterocycles. The smallest absolute Gasteiger partial charge is 0.244 e. The van der Waals surface area contributed by atoms with Crippen molar-refractivity contribution in [2.75, 3.05) is 6.54 Å². The highest BCUT2D eigenvalue weighted by molar-refractivity contribution is 7.89. The van der Waals surface area contributed by atoms with Gasteiger partial charge in [0.1, 0.15) is 22.7 Å². The van der Waals surface area contributed by atoms with Gasteiger partial charge in [-0.3, -0.25) is 4.79 Å². The van der Waals surface area contributed by atoms with Gasteiger partial charge in [0.2, 0.25) is 15.9 Å². The molecule has 0 spiro atoms. The van der Waals surface area contributed by atoms with E-state index in [-0.39, 0.29) is 33.8 Å². The molecule has 176 valence electrons. The average molecular weight is 517 g/mol. The van der Waals surface area contributed by atoms with Crippen LogP contribution in [0, 0.1) is 11.3 Å². The molecule has 1 aromatic heterocycles. The number of rotatable bonds is 7. The van der Waals surface area contributed by atoms with Crippen LogP contribution in [0.4, 0.5) is 0 Å². The highest BCUT2D eigenvalue weighted by atomic mass is 35.5. The van der Waals surface area contributed by atoms with Crippen LogP contribution < -0.4 is 4.72 Å². The number of benzene rings is 2. The van der Waals surface area contributed by atoms with E-state index in [1.165, 1.54) is 17.7 Å². The van der Waals surface area contributed by atoms with Crippen LogP contribution >= 0.6 is 23.2 Å². The van der Waals surface area contributed by atoms with Crippen LogP contribution in [0.2, 0.25) is 10.0 Å². The molecule has 0 radical (unpaired) electrons. The molecule has 7 nitrogen and oxygen atoms in total. The van der Waals surface area contributed by atoms with E-state index in [0.29, 0.717) is 25.2 Å². The lowest BCUT2D eigenvalue weighted by Gasteiger charge is -2.32. The second kappa shape index (κ2) is 10.2. The molecule has 0 saturated carbocycles. The number of nitrogens with zero attached hydrogens (tertiary/aromatic N) is 3. The zero-order valence-electron chi connectivity index (χ0n) is 18.1. The summed E-state index contributed by atoms with van der Waals surface area (Å²) in [5, 5.41) is 9.22. The number of carbonyl (C=O) groups excluding carboxylic acids is 1. The van der Waals surface area contributed by atoms with Crippen LogP contribution in [-0.4, -0.2) is 36.4 Å². The first-order chi connectivity index (χ1) is 16.3. The molecular formula is C24H22Cl2N4O3S. The van der Waals surface area contributed by atoms with Crippen LogP contribution in [0.25, 0.3) is 0 Å². The van der Waals surface area contributed by atoms with Gasteiger partial charge in [-0.25, -0.2) is 8.42 Å². The Bertz CT molecular complexity index is 1340. The van der Waals surface area contributed by atoms with Crippen LogP contribution in [0.3, 0.4) is 0 Å². The van der Waals surface area contributed by atoms with Crippen molar-refractivity contribution in [3.63, 3.8) is 0 Å². The summed E-state index contributed by atoms with van der Waals surface area (Å²) in [6, 6.07) is 16.7. The van der Waals surface area contributed by atoms with Gasteiger partial charge in [0, 0.05) is 25.8 Å². The number of carbonyl (C=O) groups is 1. The molecule has 1 N–H and O–H groups in total. The van der Waals surface area contributed by atoms with Crippen molar-refractivity contribution in [3.05, 3.63) is 87.7 Å². The Morgan fingerprint density at radius 2 is 1.76 bits per heavy atom. The van der Waals surface area contributed by atoms with Crippen molar-refractivity contribution >= 4 is 39.1 Å². The number of fused-ring (bicyclic) bond motifs is 1. The lowest BCUT2D eigenvalue weighted by molar-refractivity contribution is -0.134. The molecule has 1 unspecified atom stereocenters. The third-order valence-corrected chi connectivity index (χ3v) is 8.25. The van der Waals surface area contributed by atoms with Crippen molar-refractivity contribution < 1.29 is 13.2 Å². The summed E-state index contributed by atoms with van der Waals surface area (Å²) >= 11 is 12.3. The Kier molecular flexibility index (Phi) is 7.29. The van der Waals surface area contributed by atoms with E-state index >= 15 is 0 Å². The topological polar surface area (TPSA) is 95.2 Å². The predicted molar refractivity (Wildman–Crippen MR) is 130 cm³/mol. The maximum absolute atomic E-state index is 13.6. The second-order valence-electron chi connectivity index (χ2n) is 7.99. The first-order valence-corrected chi connectivity index (χ1v) is 12.9. The Morgan fingerprint density at radius 1 is 1.06 bits per heavy atom. The number of halogens is 2. The van der Waals surface area contributed by atoms with Gasteiger partial charge in [-0.15, -0.1) is 0 Å². The minimum absolute atomic E-state index is 0.0322. The van der Waals surface area contributed by atoms with Gasteiger partial charge in [0.25, 0.3) is 0 Å². The SMILES string of the molecule is N#Cc1cccn1CCC(NS(=O)(=O)c1c(Cl)cccc1Cl)C(=O)N1CCc2ccccc2C1. The fraction of sp³-hybridized carbons (Fsp3) is 0.250. The van der Waals surface area contributed by atoms with Crippen LogP contribution in [0.1, 0.15) is 23.2 Å². The van der Waals surface area contributed by atoms with Crippen molar-refractivity contribution in [1.82, 2.24) is 14.2 Å². The summed E-state index contributed by atoms with van der Waals surface area (Å²) in [7, 11) is -4.21. The molecule has 1 amide bonds. The summed E-state index contributed by atoms with van der Waals surface area (Å²) < 4.78 is 30.7. The van der Waals surface area contributed by atoms with E-state index in [2.05, 4.69) is 10.8 Å². The monoisotopic (exact) mass is 516 g/mol. The Hall–Kier alpha value is -2.83. The van der Waals surface area contributed by atoms with Gasteiger partial charge in [0.05, 0.1) is 10.0 Å². The zero-order valence-corrected chi connectivity index (χ0v) is 20.4. The van der Waals surface area contributed by atoms with E-state index in [4.69, 9.17) is 23.2 Å². The summed E-state index contributed by atoms with van der Waals surface area (Å²) in [6.45, 7) is 1.15. The van der Waals surface area contributed by atoms with E-state index in [0.717, 1.165) is 5.56 Å². The number of sulfonamides is 1. The number of nitrogens with one attached hydrogen (secondary N) is 1. The summed E-state index contributed by atoms with van der Waals surface area (Å²) in [5.41, 5.74) is 2.64. The Labute approximate surface area is 208 Å². The summed E-state index contributed by atoms with van der Waals surface area (Å²) in [6.07, 6.45) is 2.55. The van der Waals surface area contributed by atoms with Gasteiger partial charge in [-0.2, -0.15) is 9.98 Å². The van der Waals surface area contributed by atoms with Gasteiger partial charge in [-0.1, -0.05) is 53.5 Å². The molecule has 0 saturated heterocycles. The van der Waals surface area contributed by atoms with E-state index in [9.17, 15) is 18.5 Å². The number of aryl methyl sites for hydroxylation is 1. The quantitative estimate of drug-likeness (QED) is 0.513. The minimum atomic E-state index is -4.21. The molecule has 0 aliphatic carbocycles.